The molecule has 11 heavy (non-hydrogen) atoms. The Balaban J connectivity index is 2.70. The average Bonchev–Trinajstić information content (AvgIpc) is 1.94. The third-order valence-corrected chi connectivity index (χ3v) is 3.02. The Kier molecular flexibility index (Phi) is 2.44. The van der Waals surface area contributed by atoms with E-state index in [-0.39, 0.29) is 6.54 Å². The molecule has 6 heteroatoms. The molecule has 5 nitrogen and oxygen atoms in total. The summed E-state index contributed by atoms with van der Waals surface area (Å²) in [5.41, 5.74) is 0. The molecular formula is C5H9N3O2S. The zero-order chi connectivity index (χ0) is 8.32. The summed E-state index contributed by atoms with van der Waals surface area (Å²) in [6, 6.07) is 1.80. The van der Waals surface area contributed by atoms with E-state index in [0.717, 1.165) is 10.7 Å². The largest absolute Gasteiger partial charge is 0.280 e. The first-order chi connectivity index (χ1) is 5.17. The van der Waals surface area contributed by atoms with Crippen LogP contribution in [0.3, 0.4) is 0 Å². The molecule has 1 N–H and O–H groups in total. The van der Waals surface area contributed by atoms with Crippen molar-refractivity contribution in [2.75, 3.05) is 19.6 Å². The lowest BCUT2D eigenvalue weighted by Gasteiger charge is -2.23. The van der Waals surface area contributed by atoms with Crippen LogP contribution in [0.1, 0.15) is 6.42 Å². The molecule has 1 aliphatic rings. The molecular weight excluding hydrogens is 166 g/mol. The Hall–Kier alpha value is -0.640. The summed E-state index contributed by atoms with van der Waals surface area (Å²) in [7, 11) is -3.32. The SMILES string of the molecule is N#CCN1CCCNS1(=O)=O. The number of hydrogen-bond acceptors (Lipinski definition) is 3. The average molecular weight is 175 g/mol. The summed E-state index contributed by atoms with van der Waals surface area (Å²) in [6.45, 7) is 0.864. The molecule has 0 aliphatic carbocycles. The van der Waals surface area contributed by atoms with Crippen molar-refractivity contribution in [2.24, 2.45) is 0 Å². The van der Waals surface area contributed by atoms with Gasteiger partial charge in [-0.2, -0.15) is 18.0 Å². The van der Waals surface area contributed by atoms with E-state index < -0.39 is 10.2 Å². The van der Waals surface area contributed by atoms with Crippen molar-refractivity contribution in [1.29, 1.82) is 5.26 Å². The topological polar surface area (TPSA) is 73.2 Å². The van der Waals surface area contributed by atoms with Gasteiger partial charge < -0.3 is 0 Å². The molecule has 0 aromatic heterocycles. The van der Waals surface area contributed by atoms with E-state index >= 15 is 0 Å². The zero-order valence-electron chi connectivity index (χ0n) is 5.95. The number of hydrogen-bond donors (Lipinski definition) is 1. The first-order valence-electron chi connectivity index (χ1n) is 3.28. The van der Waals surface area contributed by atoms with Gasteiger partial charge in [0.15, 0.2) is 0 Å². The number of nitriles is 1. The molecule has 0 spiro atoms. The van der Waals surface area contributed by atoms with Crippen LogP contribution >= 0.6 is 0 Å². The molecule has 1 fully saturated rings. The highest BCUT2D eigenvalue weighted by Crippen LogP contribution is 2.03. The Morgan fingerprint density at radius 1 is 1.64 bits per heavy atom. The van der Waals surface area contributed by atoms with Crippen LogP contribution < -0.4 is 4.72 Å². The molecule has 0 bridgehead atoms. The first kappa shape index (κ1) is 8.46. The highest BCUT2D eigenvalue weighted by atomic mass is 32.2. The standard InChI is InChI=1S/C5H9N3O2S/c6-2-5-8-4-1-3-7-11(8,9)10/h7H,1,3-5H2. The van der Waals surface area contributed by atoms with E-state index in [0.29, 0.717) is 13.1 Å². The quantitative estimate of drug-likeness (QED) is 0.522. The Morgan fingerprint density at radius 2 is 2.36 bits per heavy atom. The van der Waals surface area contributed by atoms with Crippen molar-refractivity contribution < 1.29 is 8.42 Å². The molecule has 1 heterocycles. The van der Waals surface area contributed by atoms with Crippen molar-refractivity contribution in [3.05, 3.63) is 0 Å². The van der Waals surface area contributed by atoms with Crippen LogP contribution in [0.5, 0.6) is 0 Å². The van der Waals surface area contributed by atoms with Crippen molar-refractivity contribution in [3.63, 3.8) is 0 Å². The normalized spacial score (nSPS) is 24.3. The van der Waals surface area contributed by atoms with Crippen molar-refractivity contribution >= 4 is 10.2 Å². The lowest BCUT2D eigenvalue weighted by atomic mass is 10.4. The molecule has 62 valence electrons. The van der Waals surface area contributed by atoms with Crippen LogP contribution in [0.4, 0.5) is 0 Å². The molecule has 0 amide bonds. The van der Waals surface area contributed by atoms with E-state index in [2.05, 4.69) is 4.72 Å². The minimum absolute atomic E-state index is 0.0602. The molecule has 0 aromatic carbocycles. The third kappa shape index (κ3) is 1.89. The molecule has 1 rings (SSSR count). The van der Waals surface area contributed by atoms with Gasteiger partial charge in [-0.3, -0.25) is 0 Å². The molecule has 0 unspecified atom stereocenters. The Bertz CT molecular complexity index is 266. The molecule has 0 aromatic rings. The van der Waals surface area contributed by atoms with Gasteiger partial charge in [0, 0.05) is 13.1 Å². The van der Waals surface area contributed by atoms with E-state index in [9.17, 15) is 8.42 Å². The maximum Gasteiger partial charge on any atom is 0.280 e. The second-order valence-corrected chi connectivity index (χ2v) is 4.00. The van der Waals surface area contributed by atoms with Gasteiger partial charge >= 0.3 is 0 Å². The lowest BCUT2D eigenvalue weighted by molar-refractivity contribution is 0.403. The Labute approximate surface area is 65.8 Å². The van der Waals surface area contributed by atoms with Gasteiger partial charge in [-0.05, 0) is 6.42 Å². The summed E-state index contributed by atoms with van der Waals surface area (Å²) in [6.07, 6.45) is 0.765. The van der Waals surface area contributed by atoms with Gasteiger partial charge in [0.2, 0.25) is 0 Å². The minimum Gasteiger partial charge on any atom is -0.202 e. The lowest BCUT2D eigenvalue weighted by Crippen LogP contribution is -2.46. The molecule has 0 atom stereocenters. The van der Waals surface area contributed by atoms with E-state index in [1.54, 1.807) is 6.07 Å². The molecule has 1 saturated heterocycles. The van der Waals surface area contributed by atoms with Gasteiger partial charge in [0.1, 0.15) is 6.54 Å². The fourth-order valence-electron chi connectivity index (χ4n) is 0.911. The second kappa shape index (κ2) is 3.17. The van der Waals surface area contributed by atoms with Crippen LogP contribution in [0.25, 0.3) is 0 Å². The maximum absolute atomic E-state index is 11.0. The van der Waals surface area contributed by atoms with Gasteiger partial charge in [-0.15, -0.1) is 0 Å². The summed E-state index contributed by atoms with van der Waals surface area (Å²) in [5, 5.41) is 8.27. The van der Waals surface area contributed by atoms with Gasteiger partial charge in [0.25, 0.3) is 10.2 Å². The van der Waals surface area contributed by atoms with Crippen LogP contribution in [0, 0.1) is 11.3 Å². The van der Waals surface area contributed by atoms with Crippen LogP contribution in [-0.2, 0) is 10.2 Å². The summed E-state index contributed by atoms with van der Waals surface area (Å²) in [5.74, 6) is 0. The van der Waals surface area contributed by atoms with Crippen molar-refractivity contribution in [2.45, 2.75) is 6.42 Å². The fraction of sp³-hybridized carbons (Fsp3) is 0.800. The fourth-order valence-corrected chi connectivity index (χ4v) is 2.09. The number of nitrogens with zero attached hydrogens (tertiary/aromatic N) is 2. The third-order valence-electron chi connectivity index (χ3n) is 1.46. The van der Waals surface area contributed by atoms with Gasteiger partial charge in [-0.1, -0.05) is 0 Å². The van der Waals surface area contributed by atoms with Crippen LogP contribution in [-0.4, -0.2) is 32.4 Å². The minimum atomic E-state index is -3.32. The molecule has 1 aliphatic heterocycles. The highest BCUT2D eigenvalue weighted by Gasteiger charge is 2.24. The summed E-state index contributed by atoms with van der Waals surface area (Å²) >= 11 is 0. The zero-order valence-corrected chi connectivity index (χ0v) is 6.76. The first-order valence-corrected chi connectivity index (χ1v) is 4.72. The highest BCUT2D eigenvalue weighted by molar-refractivity contribution is 7.87. The second-order valence-electron chi connectivity index (χ2n) is 2.24. The predicted molar refractivity (Wildman–Crippen MR) is 38.7 cm³/mol. The smallest absolute Gasteiger partial charge is 0.202 e. The number of nitrogens with one attached hydrogen (secondary N) is 1. The van der Waals surface area contributed by atoms with E-state index in [1.165, 1.54) is 0 Å². The van der Waals surface area contributed by atoms with Crippen LogP contribution in [0.15, 0.2) is 0 Å². The van der Waals surface area contributed by atoms with E-state index in [1.807, 2.05) is 0 Å². The maximum atomic E-state index is 11.0. The van der Waals surface area contributed by atoms with Crippen molar-refractivity contribution in [3.8, 4) is 6.07 Å². The van der Waals surface area contributed by atoms with Crippen LogP contribution in [0.2, 0.25) is 0 Å². The van der Waals surface area contributed by atoms with Gasteiger partial charge in [0.05, 0.1) is 6.07 Å². The predicted octanol–water partition coefficient (Wildman–Crippen LogP) is -0.950. The summed E-state index contributed by atoms with van der Waals surface area (Å²) in [4.78, 5) is 0. The van der Waals surface area contributed by atoms with Gasteiger partial charge in [-0.25, -0.2) is 4.72 Å². The molecule has 0 radical (unpaired) electrons. The Morgan fingerprint density at radius 3 is 2.91 bits per heavy atom. The molecule has 0 saturated carbocycles. The number of rotatable bonds is 1. The van der Waals surface area contributed by atoms with Crippen molar-refractivity contribution in [1.82, 2.24) is 9.03 Å². The monoisotopic (exact) mass is 175 g/mol. The van der Waals surface area contributed by atoms with E-state index in [4.69, 9.17) is 5.26 Å². The summed E-state index contributed by atoms with van der Waals surface area (Å²) < 4.78 is 25.5.